The quantitative estimate of drug-likeness (QED) is 0.104. The predicted octanol–water partition coefficient (Wildman–Crippen LogP) is 6.26. The average Bonchev–Trinajstić information content (AvgIpc) is 3.52. The van der Waals surface area contributed by atoms with E-state index < -0.39 is 42.9 Å². The summed E-state index contributed by atoms with van der Waals surface area (Å²) in [6.45, 7) is -3.81. The number of nitrogens with one attached hydrogen (secondary N) is 1. The first kappa shape index (κ1) is 34.3. The molecule has 3 heterocycles. The number of nitrogens with zero attached hydrogens (tertiary/aromatic N) is 7. The molecule has 2 aromatic carbocycles. The number of aliphatic imine (C=N–C) groups is 1. The Labute approximate surface area is 285 Å². The van der Waals surface area contributed by atoms with Crippen LogP contribution < -0.4 is 11.1 Å². The van der Waals surface area contributed by atoms with E-state index in [-0.39, 0.29) is 46.3 Å². The van der Waals surface area contributed by atoms with Gasteiger partial charge in [-0.05, 0) is 54.8 Å². The summed E-state index contributed by atoms with van der Waals surface area (Å²) in [7, 11) is 1.30. The normalized spacial score (nSPS) is 14.8. The topological polar surface area (TPSA) is 145 Å². The van der Waals surface area contributed by atoms with E-state index >= 15 is 0 Å². The van der Waals surface area contributed by atoms with Gasteiger partial charge >= 0.3 is 18.8 Å². The molecule has 3 aromatic heterocycles. The first-order valence-corrected chi connectivity index (χ1v) is 15.3. The van der Waals surface area contributed by atoms with Crippen LogP contribution in [0, 0.1) is 0 Å². The maximum atomic E-state index is 14.2. The number of alkyl halides is 5. The SMILES string of the molecule is CN=C(N)N(C(=O)c1ccc(-c2cnc3ccccn23)cc1)[C@H](COC(=O)NC1(C(F)(F)F)CC1)c1ccc(Cl)c(-c2ncnn2C(F)F)c1. The Bertz CT molecular complexity index is 2080. The number of alkyl carbamates (subject to hydrolysis) is 1. The fourth-order valence-corrected chi connectivity index (χ4v) is 5.60. The van der Waals surface area contributed by atoms with Gasteiger partial charge in [0.25, 0.3) is 5.91 Å². The average molecular weight is 716 g/mol. The van der Waals surface area contributed by atoms with Gasteiger partial charge in [0.15, 0.2) is 11.8 Å². The van der Waals surface area contributed by atoms with Crippen molar-refractivity contribution in [3.8, 4) is 22.6 Å². The van der Waals surface area contributed by atoms with E-state index in [1.807, 2.05) is 34.1 Å². The van der Waals surface area contributed by atoms with Gasteiger partial charge in [-0.2, -0.15) is 31.7 Å². The number of carbonyl (C=O) groups is 2. The first-order valence-electron chi connectivity index (χ1n) is 14.9. The van der Waals surface area contributed by atoms with Crippen LogP contribution in [0.25, 0.3) is 28.3 Å². The third kappa shape index (κ3) is 6.55. The minimum absolute atomic E-state index is 0.0140. The van der Waals surface area contributed by atoms with Crippen LogP contribution in [0.15, 0.2) is 84.4 Å². The summed E-state index contributed by atoms with van der Waals surface area (Å²) in [5.41, 5.74) is 6.25. The predicted molar refractivity (Wildman–Crippen MR) is 171 cm³/mol. The number of carbonyl (C=O) groups excluding carboxylic acids is 2. The highest BCUT2D eigenvalue weighted by Crippen LogP contribution is 2.49. The van der Waals surface area contributed by atoms with Crippen molar-refractivity contribution >= 4 is 35.2 Å². The molecule has 0 bridgehead atoms. The van der Waals surface area contributed by atoms with E-state index in [0.717, 1.165) is 22.5 Å². The van der Waals surface area contributed by atoms with Gasteiger partial charge in [0, 0.05) is 29.9 Å². The number of halogens is 6. The molecule has 3 N–H and O–H groups in total. The Balaban J connectivity index is 1.37. The van der Waals surface area contributed by atoms with Crippen LogP contribution in [0.2, 0.25) is 5.02 Å². The molecule has 6 rings (SSSR count). The molecule has 260 valence electrons. The van der Waals surface area contributed by atoms with Crippen molar-refractivity contribution in [1.82, 2.24) is 34.4 Å². The van der Waals surface area contributed by atoms with E-state index in [2.05, 4.69) is 20.1 Å². The molecular weight excluding hydrogens is 689 g/mol. The number of ether oxygens (including phenoxy) is 1. The summed E-state index contributed by atoms with van der Waals surface area (Å²) in [4.78, 5) is 40.1. The number of aromatic nitrogens is 5. The van der Waals surface area contributed by atoms with E-state index in [1.54, 1.807) is 18.3 Å². The molecule has 2 amide bonds. The standard InChI is InChI=1S/C32H27ClF5N9O3/c1-40-29(39)46(27(48)19-7-5-18(6-8-19)23-15-41-25-4-2-3-13-45(23)25)24(16-50-30(49)44-31(11-12-31)32(36,37)38)20-9-10-22(33)21(14-20)26-42-17-43-47(26)28(34)35/h2-10,13-15,17,24,28H,11-12,16H2,1H3,(H2,39,40)(H,44,49)/t24-/m1/s1. The molecule has 0 spiro atoms. The Morgan fingerprint density at radius 2 is 1.86 bits per heavy atom. The molecule has 0 radical (unpaired) electrons. The highest BCUT2D eigenvalue weighted by molar-refractivity contribution is 6.33. The fourth-order valence-electron chi connectivity index (χ4n) is 5.40. The molecular formula is C32H27ClF5N9O3. The van der Waals surface area contributed by atoms with Crippen molar-refractivity contribution in [2.45, 2.75) is 37.1 Å². The number of hydrogen-bond donors (Lipinski definition) is 2. The zero-order valence-corrected chi connectivity index (χ0v) is 26.7. The summed E-state index contributed by atoms with van der Waals surface area (Å²) in [5.74, 6) is -1.40. The Morgan fingerprint density at radius 3 is 2.52 bits per heavy atom. The van der Waals surface area contributed by atoms with Gasteiger partial charge in [-0.3, -0.25) is 19.1 Å². The number of guanidine groups is 1. The molecule has 50 heavy (non-hydrogen) atoms. The number of imidazole rings is 1. The second-order valence-electron chi connectivity index (χ2n) is 11.3. The highest BCUT2D eigenvalue weighted by Gasteiger charge is 2.64. The van der Waals surface area contributed by atoms with Crippen molar-refractivity contribution in [2.75, 3.05) is 13.7 Å². The molecule has 1 aliphatic carbocycles. The second kappa shape index (κ2) is 13.4. The maximum absolute atomic E-state index is 14.2. The number of pyridine rings is 1. The minimum Gasteiger partial charge on any atom is -0.447 e. The van der Waals surface area contributed by atoms with Crippen LogP contribution in [-0.2, 0) is 4.74 Å². The molecule has 0 aliphatic heterocycles. The Morgan fingerprint density at radius 1 is 1.12 bits per heavy atom. The third-order valence-corrected chi connectivity index (χ3v) is 8.56. The van der Waals surface area contributed by atoms with Crippen LogP contribution in [-0.4, -0.2) is 72.4 Å². The van der Waals surface area contributed by atoms with Crippen LogP contribution in [0.5, 0.6) is 0 Å². The van der Waals surface area contributed by atoms with Crippen molar-refractivity contribution < 1.29 is 36.3 Å². The number of benzene rings is 2. The number of amides is 2. The molecule has 12 nitrogen and oxygen atoms in total. The Kier molecular flexibility index (Phi) is 9.17. The highest BCUT2D eigenvalue weighted by atomic mass is 35.5. The smallest absolute Gasteiger partial charge is 0.411 e. The lowest BCUT2D eigenvalue weighted by Gasteiger charge is -2.31. The molecule has 18 heteroatoms. The van der Waals surface area contributed by atoms with Crippen molar-refractivity contribution in [3.05, 3.63) is 95.5 Å². The molecule has 0 unspecified atom stereocenters. The van der Waals surface area contributed by atoms with Crippen molar-refractivity contribution in [3.63, 3.8) is 0 Å². The molecule has 1 aliphatic rings. The second-order valence-corrected chi connectivity index (χ2v) is 11.7. The van der Waals surface area contributed by atoms with E-state index in [0.29, 0.717) is 10.3 Å². The van der Waals surface area contributed by atoms with Crippen LogP contribution in [0.1, 0.15) is 41.4 Å². The van der Waals surface area contributed by atoms with Gasteiger partial charge in [0.1, 0.15) is 24.1 Å². The molecule has 0 saturated heterocycles. The number of rotatable bonds is 9. The lowest BCUT2D eigenvalue weighted by Crippen LogP contribution is -2.49. The summed E-state index contributed by atoms with van der Waals surface area (Å²) in [5, 5.41) is 5.39. The van der Waals surface area contributed by atoms with Gasteiger partial charge < -0.3 is 15.8 Å². The number of nitrogens with two attached hydrogens (primary N) is 1. The summed E-state index contributed by atoms with van der Waals surface area (Å²) < 4.78 is 75.6. The van der Waals surface area contributed by atoms with Crippen molar-refractivity contribution in [2.24, 2.45) is 10.7 Å². The third-order valence-electron chi connectivity index (χ3n) is 8.23. The van der Waals surface area contributed by atoms with Crippen LogP contribution in [0.3, 0.4) is 0 Å². The first-order chi connectivity index (χ1) is 23.8. The van der Waals surface area contributed by atoms with Gasteiger partial charge in [-0.15, -0.1) is 0 Å². The fraction of sp³-hybridized carbons (Fsp3) is 0.250. The van der Waals surface area contributed by atoms with Gasteiger partial charge in [0.05, 0.1) is 23.0 Å². The van der Waals surface area contributed by atoms with Crippen LogP contribution in [0.4, 0.5) is 26.7 Å². The summed E-state index contributed by atoms with van der Waals surface area (Å²) >= 11 is 6.38. The van der Waals surface area contributed by atoms with Gasteiger partial charge in [-0.25, -0.2) is 14.8 Å². The molecule has 1 saturated carbocycles. The minimum atomic E-state index is -4.71. The largest absolute Gasteiger partial charge is 0.447 e. The van der Waals surface area contributed by atoms with Gasteiger partial charge in [0.2, 0.25) is 0 Å². The molecule has 1 fully saturated rings. The number of fused-ring (bicyclic) bond motifs is 1. The number of hydrogen-bond acceptors (Lipinski definition) is 7. The lowest BCUT2D eigenvalue weighted by molar-refractivity contribution is -0.164. The lowest BCUT2D eigenvalue weighted by atomic mass is 10.0. The summed E-state index contributed by atoms with van der Waals surface area (Å²) in [6, 6.07) is 14.7. The van der Waals surface area contributed by atoms with Crippen molar-refractivity contribution in [1.29, 1.82) is 0 Å². The molecule has 1 atom stereocenters. The summed E-state index contributed by atoms with van der Waals surface area (Å²) in [6.07, 6.45) is -2.35. The van der Waals surface area contributed by atoms with E-state index in [4.69, 9.17) is 22.1 Å². The zero-order valence-electron chi connectivity index (χ0n) is 26.0. The van der Waals surface area contributed by atoms with E-state index in [9.17, 15) is 31.5 Å². The van der Waals surface area contributed by atoms with Crippen LogP contribution >= 0.6 is 11.6 Å². The Hall–Kier alpha value is -5.58. The molecule has 5 aromatic rings. The van der Waals surface area contributed by atoms with E-state index in [1.165, 1.54) is 37.4 Å². The maximum Gasteiger partial charge on any atom is 0.411 e. The zero-order chi connectivity index (χ0) is 35.8. The van der Waals surface area contributed by atoms with Gasteiger partial charge in [-0.1, -0.05) is 35.9 Å². The monoisotopic (exact) mass is 715 g/mol.